The summed E-state index contributed by atoms with van der Waals surface area (Å²) in [5.41, 5.74) is 1.25. The number of ether oxygens (including phenoxy) is 4. The number of hydrogen-bond donors (Lipinski definition) is 1. The Morgan fingerprint density at radius 1 is 1.09 bits per heavy atom. The number of nitrogens with zero attached hydrogens (tertiary/aromatic N) is 3. The van der Waals surface area contributed by atoms with Crippen LogP contribution in [0.15, 0.2) is 53.4 Å². The Kier molecular flexibility index (Phi) is 11.0. The van der Waals surface area contributed by atoms with Crippen molar-refractivity contribution in [2.75, 3.05) is 77.6 Å². The van der Waals surface area contributed by atoms with E-state index in [0.717, 1.165) is 51.7 Å². The summed E-state index contributed by atoms with van der Waals surface area (Å²) in [6, 6.07) is 10.9. The zero-order valence-corrected chi connectivity index (χ0v) is 32.4. The number of anilines is 1. The second kappa shape index (κ2) is 15.4. The van der Waals surface area contributed by atoms with Crippen LogP contribution in [0.5, 0.6) is 5.75 Å². The van der Waals surface area contributed by atoms with Crippen LogP contribution in [-0.2, 0) is 40.9 Å². The van der Waals surface area contributed by atoms with Crippen LogP contribution < -0.4 is 14.4 Å². The second-order valence-electron chi connectivity index (χ2n) is 15.6. The third-order valence-corrected chi connectivity index (χ3v) is 13.4. The number of sulfonamides is 1. The molecule has 2 aromatic carbocycles. The van der Waals surface area contributed by atoms with Crippen LogP contribution in [0.1, 0.15) is 50.7 Å². The van der Waals surface area contributed by atoms with E-state index in [9.17, 15) is 18.0 Å². The molecule has 2 bridgehead atoms. The molecule has 0 unspecified atom stereocenters. The normalized spacial score (nSPS) is 28.5. The van der Waals surface area contributed by atoms with Gasteiger partial charge in [-0.15, -0.1) is 0 Å². The van der Waals surface area contributed by atoms with Crippen molar-refractivity contribution in [3.05, 3.63) is 64.7 Å². The largest absolute Gasteiger partial charge is 0.490 e. The molecule has 2 fully saturated rings. The molecular weight excluding hydrogens is 720 g/mol. The first kappa shape index (κ1) is 37.9. The van der Waals surface area contributed by atoms with E-state index in [0.29, 0.717) is 55.9 Å². The molecular formula is C39H51ClN4O8S. The number of rotatable bonds is 4. The highest BCUT2D eigenvalue weighted by molar-refractivity contribution is 7.90. The van der Waals surface area contributed by atoms with Gasteiger partial charge in [0.1, 0.15) is 17.5 Å². The van der Waals surface area contributed by atoms with Gasteiger partial charge in [-0.25, -0.2) is 17.9 Å². The first-order valence-electron chi connectivity index (χ1n) is 18.7. The summed E-state index contributed by atoms with van der Waals surface area (Å²) in [6.07, 6.45) is 7.38. The number of methoxy groups -OCH3 is 1. The Hall–Kier alpha value is -3.36. The summed E-state index contributed by atoms with van der Waals surface area (Å²) in [7, 11) is -2.56. The zero-order chi connectivity index (χ0) is 37.4. The minimum Gasteiger partial charge on any atom is -0.490 e. The average Bonchev–Trinajstić information content (AvgIpc) is 3.27. The van der Waals surface area contributed by atoms with E-state index in [4.69, 9.17) is 30.5 Å². The summed E-state index contributed by atoms with van der Waals surface area (Å²) < 4.78 is 53.7. The number of amides is 2. The molecule has 1 saturated carbocycles. The number of nitrogens with one attached hydrogen (secondary N) is 1. The molecule has 7 rings (SSSR count). The maximum absolute atomic E-state index is 13.7. The predicted molar refractivity (Wildman–Crippen MR) is 201 cm³/mol. The molecule has 3 aliphatic heterocycles. The van der Waals surface area contributed by atoms with Gasteiger partial charge in [0.2, 0.25) is 0 Å². The quantitative estimate of drug-likeness (QED) is 0.435. The van der Waals surface area contributed by atoms with Gasteiger partial charge in [-0.3, -0.25) is 9.69 Å². The van der Waals surface area contributed by atoms with E-state index in [1.54, 1.807) is 30.2 Å². The Morgan fingerprint density at radius 3 is 2.66 bits per heavy atom. The summed E-state index contributed by atoms with van der Waals surface area (Å²) in [6.45, 7) is 8.83. The molecule has 5 aliphatic rings. The highest BCUT2D eigenvalue weighted by Crippen LogP contribution is 2.47. The van der Waals surface area contributed by atoms with Crippen LogP contribution >= 0.6 is 11.6 Å². The number of piperazine rings is 1. The lowest BCUT2D eigenvalue weighted by molar-refractivity contribution is -0.139. The SMILES string of the molecule is COCCN1CCN(C(=O)O[C@H]2C=CCOC(C)(C)C(=O)NS(=O)(=O)c3ccc4c(c3)N(C[C@@H]3CC[C@H]32)C[C@@]2(CCCc3cc(Cl)ccc32)CO4)CC1. The molecule has 2 aromatic rings. The van der Waals surface area contributed by atoms with Gasteiger partial charge < -0.3 is 28.7 Å². The molecule has 12 nitrogen and oxygen atoms in total. The van der Waals surface area contributed by atoms with Crippen LogP contribution in [-0.4, -0.2) is 115 Å². The molecule has 14 heteroatoms. The highest BCUT2D eigenvalue weighted by atomic mass is 35.5. The van der Waals surface area contributed by atoms with E-state index in [1.165, 1.54) is 31.0 Å². The Balaban J connectivity index is 1.22. The van der Waals surface area contributed by atoms with Crippen molar-refractivity contribution in [2.24, 2.45) is 11.8 Å². The van der Waals surface area contributed by atoms with Crippen molar-refractivity contribution >= 4 is 39.3 Å². The van der Waals surface area contributed by atoms with Gasteiger partial charge in [-0.2, -0.15) is 0 Å². The lowest BCUT2D eigenvalue weighted by atomic mass is 9.68. The summed E-state index contributed by atoms with van der Waals surface area (Å²) >= 11 is 6.46. The minimum absolute atomic E-state index is 0.0235. The van der Waals surface area contributed by atoms with E-state index in [1.807, 2.05) is 12.1 Å². The molecule has 53 heavy (non-hydrogen) atoms. The van der Waals surface area contributed by atoms with Gasteiger partial charge in [-0.1, -0.05) is 23.7 Å². The number of fused-ring (bicyclic) bond motifs is 4. The van der Waals surface area contributed by atoms with Crippen LogP contribution in [0, 0.1) is 11.8 Å². The van der Waals surface area contributed by atoms with Crippen molar-refractivity contribution in [2.45, 2.75) is 68.0 Å². The maximum atomic E-state index is 13.7. The first-order valence-corrected chi connectivity index (χ1v) is 20.6. The lowest BCUT2D eigenvalue weighted by Crippen LogP contribution is -2.52. The Bertz CT molecular complexity index is 1830. The number of carbonyl (C=O) groups is 2. The fourth-order valence-corrected chi connectivity index (χ4v) is 9.76. The first-order chi connectivity index (χ1) is 25.4. The average molecular weight is 771 g/mol. The molecule has 2 aliphatic carbocycles. The van der Waals surface area contributed by atoms with Gasteiger partial charge in [-0.05, 0) is 99.4 Å². The van der Waals surface area contributed by atoms with E-state index >= 15 is 0 Å². The van der Waals surface area contributed by atoms with Gasteiger partial charge in [0.05, 0.1) is 30.4 Å². The van der Waals surface area contributed by atoms with Crippen molar-refractivity contribution < 1.29 is 37.0 Å². The Labute approximate surface area is 317 Å². The molecule has 1 saturated heterocycles. The highest BCUT2D eigenvalue weighted by Gasteiger charge is 2.45. The summed E-state index contributed by atoms with van der Waals surface area (Å²) in [4.78, 5) is 33.3. The summed E-state index contributed by atoms with van der Waals surface area (Å²) in [5.74, 6) is -0.0363. The maximum Gasteiger partial charge on any atom is 0.410 e. The predicted octanol–water partition coefficient (Wildman–Crippen LogP) is 4.78. The molecule has 1 spiro atoms. The number of halogens is 1. The lowest BCUT2D eigenvalue weighted by Gasteiger charge is -2.46. The van der Waals surface area contributed by atoms with Gasteiger partial charge in [0, 0.05) is 69.3 Å². The van der Waals surface area contributed by atoms with E-state index < -0.39 is 27.6 Å². The molecule has 2 amide bonds. The fraction of sp³-hybridized carbons (Fsp3) is 0.590. The number of carbonyl (C=O) groups excluding carboxylic acids is 2. The van der Waals surface area contributed by atoms with Gasteiger partial charge in [0.25, 0.3) is 15.9 Å². The van der Waals surface area contributed by atoms with Gasteiger partial charge in [0.15, 0.2) is 0 Å². The molecule has 288 valence electrons. The van der Waals surface area contributed by atoms with Crippen LogP contribution in [0.2, 0.25) is 5.02 Å². The topological polar surface area (TPSA) is 127 Å². The molecule has 0 aromatic heterocycles. The number of aryl methyl sites for hydroxylation is 1. The van der Waals surface area contributed by atoms with Crippen molar-refractivity contribution in [3.63, 3.8) is 0 Å². The van der Waals surface area contributed by atoms with Crippen LogP contribution in [0.3, 0.4) is 0 Å². The molecule has 3 heterocycles. The monoisotopic (exact) mass is 770 g/mol. The number of hydrogen-bond acceptors (Lipinski definition) is 10. The van der Waals surface area contributed by atoms with Crippen LogP contribution in [0.25, 0.3) is 0 Å². The van der Waals surface area contributed by atoms with E-state index in [2.05, 4.69) is 26.7 Å². The number of benzene rings is 2. The minimum atomic E-state index is -4.25. The van der Waals surface area contributed by atoms with E-state index in [-0.39, 0.29) is 34.8 Å². The van der Waals surface area contributed by atoms with Crippen molar-refractivity contribution in [1.82, 2.24) is 14.5 Å². The third kappa shape index (κ3) is 8.05. The molecule has 1 N–H and O–H groups in total. The summed E-state index contributed by atoms with van der Waals surface area (Å²) in [5, 5.41) is 0.702. The Morgan fingerprint density at radius 2 is 1.91 bits per heavy atom. The van der Waals surface area contributed by atoms with Crippen molar-refractivity contribution in [1.29, 1.82) is 0 Å². The second-order valence-corrected chi connectivity index (χ2v) is 17.7. The standard InChI is InChI=1S/C39H51ClN4O8S/c1-38(2)36(45)41-53(47,48)30-10-13-35-33(23-30)44(25-39(26-50-35)14-4-6-27-22-29(40)9-12-32(27)39)24-28-8-11-31(28)34(7-5-20-51-38)52-37(46)43-17-15-42(16-18-43)19-21-49-3/h5,7,9-10,12-13,22-23,28,31,34H,4,6,8,11,14-21,24-26H2,1-3H3,(H,41,45)/t28-,31+,34-,39-/m0/s1. The third-order valence-electron chi connectivity index (χ3n) is 11.8. The molecule has 0 radical (unpaired) electrons. The molecule has 4 atom stereocenters. The van der Waals surface area contributed by atoms with Crippen molar-refractivity contribution in [3.8, 4) is 5.75 Å². The van der Waals surface area contributed by atoms with Crippen LogP contribution in [0.4, 0.5) is 10.5 Å². The smallest absolute Gasteiger partial charge is 0.410 e. The van der Waals surface area contributed by atoms with Gasteiger partial charge >= 0.3 is 6.09 Å². The zero-order valence-electron chi connectivity index (χ0n) is 30.9. The fourth-order valence-electron chi connectivity index (χ4n) is 8.45.